The topological polar surface area (TPSA) is 75.8 Å². The van der Waals surface area contributed by atoms with E-state index in [4.69, 9.17) is 14.3 Å². The molecule has 6 nitrogen and oxygen atoms in total. The van der Waals surface area contributed by atoms with Gasteiger partial charge in [0.15, 0.2) is 5.69 Å². The van der Waals surface area contributed by atoms with Crippen LogP contribution in [-0.2, 0) is 4.74 Å². The molecule has 0 fully saturated rings. The number of hydrogen-bond acceptors (Lipinski definition) is 5. The van der Waals surface area contributed by atoms with E-state index in [-0.39, 0.29) is 11.7 Å². The van der Waals surface area contributed by atoms with Crippen molar-refractivity contribution < 1.29 is 19.1 Å². The van der Waals surface area contributed by atoms with Crippen molar-refractivity contribution in [1.29, 1.82) is 0 Å². The van der Waals surface area contributed by atoms with Gasteiger partial charge in [-0.05, 0) is 6.92 Å². The van der Waals surface area contributed by atoms with Crippen LogP contribution in [0.25, 0.3) is 0 Å². The van der Waals surface area contributed by atoms with Gasteiger partial charge in [0.2, 0.25) is 0 Å². The molecule has 15 heavy (non-hydrogen) atoms. The minimum atomic E-state index is -1.09. The quantitative estimate of drug-likeness (QED) is 0.707. The van der Waals surface area contributed by atoms with Crippen molar-refractivity contribution in [1.82, 2.24) is 4.98 Å². The van der Waals surface area contributed by atoms with Gasteiger partial charge in [0.25, 0.3) is 6.01 Å². The van der Waals surface area contributed by atoms with E-state index in [9.17, 15) is 4.79 Å². The summed E-state index contributed by atoms with van der Waals surface area (Å²) >= 11 is 0. The van der Waals surface area contributed by atoms with Crippen LogP contribution in [-0.4, -0.2) is 42.9 Å². The molecule has 0 aliphatic rings. The van der Waals surface area contributed by atoms with Gasteiger partial charge in [-0.15, -0.1) is 0 Å². The molecule has 1 N–H and O–H groups in total. The lowest BCUT2D eigenvalue weighted by Crippen LogP contribution is -2.22. The molecule has 0 bridgehead atoms. The van der Waals surface area contributed by atoms with Gasteiger partial charge in [0.1, 0.15) is 6.26 Å². The van der Waals surface area contributed by atoms with Crippen molar-refractivity contribution in [3.63, 3.8) is 0 Å². The molecule has 0 unspecified atom stereocenters. The SMILES string of the molecule is CCOCCN(C)c1nc(C(=O)O)co1. The van der Waals surface area contributed by atoms with Crippen molar-refractivity contribution >= 4 is 12.0 Å². The van der Waals surface area contributed by atoms with Crippen molar-refractivity contribution in [2.75, 3.05) is 31.7 Å². The first-order valence-corrected chi connectivity index (χ1v) is 4.62. The number of rotatable bonds is 6. The van der Waals surface area contributed by atoms with E-state index in [2.05, 4.69) is 4.98 Å². The smallest absolute Gasteiger partial charge is 0.357 e. The summed E-state index contributed by atoms with van der Waals surface area (Å²) in [5, 5.41) is 8.63. The standard InChI is InChI=1S/C9H14N2O4/c1-3-14-5-4-11(2)9-10-7(6-15-9)8(12)13/h6H,3-5H2,1-2H3,(H,12,13). The third-order valence-corrected chi connectivity index (χ3v) is 1.81. The molecular formula is C9H14N2O4. The fourth-order valence-corrected chi connectivity index (χ4v) is 0.979. The van der Waals surface area contributed by atoms with Crippen molar-refractivity contribution in [2.24, 2.45) is 0 Å². The molecular weight excluding hydrogens is 200 g/mol. The highest BCUT2D eigenvalue weighted by molar-refractivity contribution is 5.85. The van der Waals surface area contributed by atoms with E-state index >= 15 is 0 Å². The minimum Gasteiger partial charge on any atom is -0.476 e. The lowest BCUT2D eigenvalue weighted by Gasteiger charge is -2.13. The van der Waals surface area contributed by atoms with E-state index in [0.717, 1.165) is 6.26 Å². The Hall–Kier alpha value is -1.56. The fraction of sp³-hybridized carbons (Fsp3) is 0.556. The van der Waals surface area contributed by atoms with Crippen LogP contribution in [0.15, 0.2) is 10.7 Å². The van der Waals surface area contributed by atoms with Gasteiger partial charge in [0, 0.05) is 20.2 Å². The third kappa shape index (κ3) is 3.25. The first-order valence-electron chi connectivity index (χ1n) is 4.62. The van der Waals surface area contributed by atoms with E-state index < -0.39 is 5.97 Å². The minimum absolute atomic E-state index is 0.0896. The predicted octanol–water partition coefficient (Wildman–Crippen LogP) is 0.845. The van der Waals surface area contributed by atoms with Gasteiger partial charge in [-0.1, -0.05) is 0 Å². The average molecular weight is 214 g/mol. The highest BCUT2D eigenvalue weighted by Gasteiger charge is 2.12. The van der Waals surface area contributed by atoms with Gasteiger partial charge >= 0.3 is 5.97 Å². The van der Waals surface area contributed by atoms with Crippen LogP contribution in [0, 0.1) is 0 Å². The molecule has 0 saturated carbocycles. The third-order valence-electron chi connectivity index (χ3n) is 1.81. The van der Waals surface area contributed by atoms with Gasteiger partial charge in [-0.25, -0.2) is 4.79 Å². The Labute approximate surface area is 87.5 Å². The number of nitrogens with zero attached hydrogens (tertiary/aromatic N) is 2. The molecule has 0 atom stereocenters. The molecule has 1 aromatic rings. The summed E-state index contributed by atoms with van der Waals surface area (Å²) in [5.74, 6) is -1.09. The normalized spacial score (nSPS) is 10.3. The van der Waals surface area contributed by atoms with Crippen molar-refractivity contribution in [3.05, 3.63) is 12.0 Å². The van der Waals surface area contributed by atoms with Crippen molar-refractivity contribution in [3.8, 4) is 0 Å². The number of likely N-dealkylation sites (N-methyl/N-ethyl adjacent to an activating group) is 1. The summed E-state index contributed by atoms with van der Waals surface area (Å²) in [7, 11) is 1.76. The van der Waals surface area contributed by atoms with Gasteiger partial charge in [0.05, 0.1) is 6.61 Å². The number of aromatic nitrogens is 1. The fourth-order valence-electron chi connectivity index (χ4n) is 0.979. The second-order valence-corrected chi connectivity index (χ2v) is 2.94. The second-order valence-electron chi connectivity index (χ2n) is 2.94. The zero-order valence-corrected chi connectivity index (χ0v) is 8.77. The summed E-state index contributed by atoms with van der Waals surface area (Å²) in [6, 6.07) is 0.284. The highest BCUT2D eigenvalue weighted by atomic mass is 16.5. The molecule has 0 aromatic carbocycles. The molecule has 84 valence electrons. The maximum Gasteiger partial charge on any atom is 0.357 e. The number of oxazole rings is 1. The zero-order valence-electron chi connectivity index (χ0n) is 8.77. The predicted molar refractivity (Wildman–Crippen MR) is 53.2 cm³/mol. The van der Waals surface area contributed by atoms with Crippen molar-refractivity contribution in [2.45, 2.75) is 6.92 Å². The number of carboxylic acids is 1. The second kappa shape index (κ2) is 5.35. The van der Waals surface area contributed by atoms with Crippen LogP contribution in [0.5, 0.6) is 0 Å². The van der Waals surface area contributed by atoms with Crippen LogP contribution in [0.4, 0.5) is 6.01 Å². The van der Waals surface area contributed by atoms with Gasteiger partial charge in [-0.3, -0.25) is 0 Å². The summed E-state index contributed by atoms with van der Waals surface area (Å²) in [5.41, 5.74) is -0.0896. The van der Waals surface area contributed by atoms with E-state index in [1.165, 1.54) is 0 Å². The molecule has 0 spiro atoms. The lowest BCUT2D eigenvalue weighted by atomic mass is 10.5. The molecule has 0 radical (unpaired) electrons. The van der Waals surface area contributed by atoms with Gasteiger partial charge < -0.3 is 19.2 Å². The van der Waals surface area contributed by atoms with Crippen LogP contribution in [0.1, 0.15) is 17.4 Å². The van der Waals surface area contributed by atoms with Crippen LogP contribution >= 0.6 is 0 Å². The monoisotopic (exact) mass is 214 g/mol. The number of anilines is 1. The van der Waals surface area contributed by atoms with Crippen LogP contribution in [0.2, 0.25) is 0 Å². The van der Waals surface area contributed by atoms with E-state index in [1.807, 2.05) is 6.92 Å². The van der Waals surface area contributed by atoms with E-state index in [0.29, 0.717) is 19.8 Å². The Morgan fingerprint density at radius 1 is 1.73 bits per heavy atom. The zero-order chi connectivity index (χ0) is 11.3. The summed E-state index contributed by atoms with van der Waals surface area (Å²) in [6.07, 6.45) is 1.12. The van der Waals surface area contributed by atoms with Crippen LogP contribution in [0.3, 0.4) is 0 Å². The number of carboxylic acid groups (broad SMARTS) is 1. The Kier molecular flexibility index (Phi) is 4.11. The Morgan fingerprint density at radius 2 is 2.47 bits per heavy atom. The molecule has 1 aromatic heterocycles. The largest absolute Gasteiger partial charge is 0.476 e. The molecule has 0 aliphatic carbocycles. The number of ether oxygens (including phenoxy) is 1. The summed E-state index contributed by atoms with van der Waals surface area (Å²) in [4.78, 5) is 16.0. The molecule has 0 amide bonds. The first-order chi connectivity index (χ1) is 7.15. The number of carbonyl (C=O) groups is 1. The summed E-state index contributed by atoms with van der Waals surface area (Å²) < 4.78 is 10.1. The van der Waals surface area contributed by atoms with E-state index in [1.54, 1.807) is 11.9 Å². The Balaban J connectivity index is 2.50. The Morgan fingerprint density at radius 3 is 3.00 bits per heavy atom. The molecule has 0 aliphatic heterocycles. The van der Waals surface area contributed by atoms with Crippen LogP contribution < -0.4 is 4.90 Å². The maximum atomic E-state index is 10.5. The molecule has 1 heterocycles. The molecule has 6 heteroatoms. The maximum absolute atomic E-state index is 10.5. The number of aromatic carboxylic acids is 1. The Bertz CT molecular complexity index is 324. The average Bonchev–Trinajstić information content (AvgIpc) is 2.66. The first kappa shape index (κ1) is 11.5. The lowest BCUT2D eigenvalue weighted by molar-refractivity contribution is 0.0690. The molecule has 0 saturated heterocycles. The van der Waals surface area contributed by atoms with Gasteiger partial charge in [-0.2, -0.15) is 4.98 Å². The molecule has 1 rings (SSSR count). The number of hydrogen-bond donors (Lipinski definition) is 1. The highest BCUT2D eigenvalue weighted by Crippen LogP contribution is 2.11. The summed E-state index contributed by atoms with van der Waals surface area (Å²) in [6.45, 7) is 3.72.